The lowest BCUT2D eigenvalue weighted by Gasteiger charge is -2.47. The minimum Gasteiger partial charge on any atom is -0.480 e. The molecular weight excluding hydrogens is 272 g/mol. The van der Waals surface area contributed by atoms with E-state index in [9.17, 15) is 18.4 Å². The molecule has 1 saturated heterocycles. The van der Waals surface area contributed by atoms with Gasteiger partial charge in [-0.15, -0.1) is 0 Å². The Balaban J connectivity index is 1.96. The summed E-state index contributed by atoms with van der Waals surface area (Å²) < 4.78 is 31.0. The van der Waals surface area contributed by atoms with Gasteiger partial charge in [0.1, 0.15) is 12.2 Å². The van der Waals surface area contributed by atoms with Gasteiger partial charge >= 0.3 is 5.97 Å². The summed E-state index contributed by atoms with van der Waals surface area (Å²) in [7, 11) is 0. The Labute approximate surface area is 113 Å². The lowest BCUT2D eigenvalue weighted by atomic mass is 9.95. The number of carboxylic acid groups (broad SMARTS) is 1. The number of carboxylic acids is 1. The van der Waals surface area contributed by atoms with Crippen molar-refractivity contribution in [3.8, 4) is 0 Å². The smallest absolute Gasteiger partial charge is 0.329 e. The van der Waals surface area contributed by atoms with Crippen molar-refractivity contribution >= 4 is 11.9 Å². The van der Waals surface area contributed by atoms with E-state index < -0.39 is 35.7 Å². The van der Waals surface area contributed by atoms with Crippen LogP contribution in [0.4, 0.5) is 8.78 Å². The van der Waals surface area contributed by atoms with Gasteiger partial charge in [0.25, 0.3) is 5.91 Å². The molecule has 0 atom stereocenters. The Hall–Kier alpha value is -2.02. The van der Waals surface area contributed by atoms with Crippen LogP contribution in [0.25, 0.3) is 0 Å². The summed E-state index contributed by atoms with van der Waals surface area (Å²) in [5.41, 5.74) is -0.670. The summed E-state index contributed by atoms with van der Waals surface area (Å²) in [6.45, 7) is 1.66. The average Bonchev–Trinajstić information content (AvgIpc) is 2.35. The fourth-order valence-electron chi connectivity index (χ4n) is 2.04. The SMILES string of the molecule is CC1(OCC(=O)O)CN(C(=O)c2ccc(F)c(F)c2)C1. The monoisotopic (exact) mass is 285 g/mol. The van der Waals surface area contributed by atoms with Gasteiger partial charge in [0, 0.05) is 5.56 Å². The van der Waals surface area contributed by atoms with E-state index in [2.05, 4.69) is 0 Å². The Morgan fingerprint density at radius 1 is 1.35 bits per heavy atom. The molecule has 1 aromatic carbocycles. The number of hydrogen-bond donors (Lipinski definition) is 1. The number of aliphatic carboxylic acids is 1. The second kappa shape index (κ2) is 5.16. The van der Waals surface area contributed by atoms with Crippen LogP contribution in [0.3, 0.4) is 0 Å². The Bertz CT molecular complexity index is 555. The molecule has 0 unspecified atom stereocenters. The molecule has 20 heavy (non-hydrogen) atoms. The normalized spacial score (nSPS) is 16.6. The highest BCUT2D eigenvalue weighted by Crippen LogP contribution is 2.26. The number of benzene rings is 1. The van der Waals surface area contributed by atoms with Crippen molar-refractivity contribution in [1.29, 1.82) is 0 Å². The maximum Gasteiger partial charge on any atom is 0.329 e. The van der Waals surface area contributed by atoms with Crippen LogP contribution in [-0.4, -0.2) is 47.2 Å². The summed E-state index contributed by atoms with van der Waals surface area (Å²) in [5.74, 6) is -3.63. The summed E-state index contributed by atoms with van der Waals surface area (Å²) in [6, 6.07) is 2.93. The molecule has 1 aromatic rings. The molecular formula is C13H13F2NO4. The summed E-state index contributed by atoms with van der Waals surface area (Å²) in [4.78, 5) is 23.8. The predicted octanol–water partition coefficient (Wildman–Crippen LogP) is 1.28. The third-order valence-corrected chi connectivity index (χ3v) is 3.05. The molecule has 0 aromatic heterocycles. The van der Waals surface area contributed by atoms with Crippen LogP contribution in [0.15, 0.2) is 18.2 Å². The van der Waals surface area contributed by atoms with E-state index in [4.69, 9.17) is 9.84 Å². The first kappa shape index (κ1) is 14.4. The Morgan fingerprint density at radius 2 is 2.00 bits per heavy atom. The fourth-order valence-corrected chi connectivity index (χ4v) is 2.04. The van der Waals surface area contributed by atoms with Crippen molar-refractivity contribution in [1.82, 2.24) is 4.90 Å². The van der Waals surface area contributed by atoms with Crippen molar-refractivity contribution in [2.24, 2.45) is 0 Å². The molecule has 1 fully saturated rings. The molecule has 0 aliphatic carbocycles. The third kappa shape index (κ3) is 2.93. The molecule has 0 saturated carbocycles. The van der Waals surface area contributed by atoms with Crippen LogP contribution in [0.1, 0.15) is 17.3 Å². The summed E-state index contributed by atoms with van der Waals surface area (Å²) in [5, 5.41) is 8.52. The molecule has 7 heteroatoms. The van der Waals surface area contributed by atoms with E-state index in [0.29, 0.717) is 0 Å². The largest absolute Gasteiger partial charge is 0.480 e. The molecule has 1 aliphatic heterocycles. The van der Waals surface area contributed by atoms with Crippen LogP contribution >= 0.6 is 0 Å². The molecule has 5 nitrogen and oxygen atoms in total. The molecule has 1 heterocycles. The zero-order chi connectivity index (χ0) is 14.9. The van der Waals surface area contributed by atoms with Crippen LogP contribution in [0, 0.1) is 11.6 Å². The number of carbonyl (C=O) groups is 2. The lowest BCUT2D eigenvalue weighted by molar-refractivity contribution is -0.159. The number of nitrogens with zero attached hydrogens (tertiary/aromatic N) is 1. The van der Waals surface area contributed by atoms with E-state index >= 15 is 0 Å². The van der Waals surface area contributed by atoms with Crippen molar-refractivity contribution in [3.05, 3.63) is 35.4 Å². The predicted molar refractivity (Wildman–Crippen MR) is 64.3 cm³/mol. The first-order valence-electron chi connectivity index (χ1n) is 5.91. The lowest BCUT2D eigenvalue weighted by Crippen LogP contribution is -2.63. The Morgan fingerprint density at radius 3 is 2.55 bits per heavy atom. The van der Waals surface area contributed by atoms with Gasteiger partial charge in [-0.05, 0) is 25.1 Å². The highest BCUT2D eigenvalue weighted by Gasteiger charge is 2.43. The highest BCUT2D eigenvalue weighted by molar-refractivity contribution is 5.95. The molecule has 1 N–H and O–H groups in total. The number of rotatable bonds is 4. The quantitative estimate of drug-likeness (QED) is 0.905. The van der Waals surface area contributed by atoms with Gasteiger partial charge in [0.05, 0.1) is 13.1 Å². The van der Waals surface area contributed by atoms with Crippen molar-refractivity contribution in [2.75, 3.05) is 19.7 Å². The topological polar surface area (TPSA) is 66.8 Å². The number of carbonyl (C=O) groups excluding carboxylic acids is 1. The summed E-state index contributed by atoms with van der Waals surface area (Å²) >= 11 is 0. The van der Waals surface area contributed by atoms with E-state index in [1.165, 1.54) is 11.0 Å². The molecule has 0 spiro atoms. The molecule has 1 amide bonds. The van der Waals surface area contributed by atoms with E-state index in [-0.39, 0.29) is 18.7 Å². The van der Waals surface area contributed by atoms with Gasteiger partial charge in [0.2, 0.25) is 0 Å². The van der Waals surface area contributed by atoms with Gasteiger partial charge in [-0.2, -0.15) is 0 Å². The first-order chi connectivity index (χ1) is 9.31. The van der Waals surface area contributed by atoms with Gasteiger partial charge in [0.15, 0.2) is 11.6 Å². The van der Waals surface area contributed by atoms with Crippen LogP contribution < -0.4 is 0 Å². The maximum atomic E-state index is 13.1. The van der Waals surface area contributed by atoms with Crippen LogP contribution in [-0.2, 0) is 9.53 Å². The fraction of sp³-hybridized carbons (Fsp3) is 0.385. The standard InChI is InChI=1S/C13H13F2NO4/c1-13(20-5-11(17)18)6-16(7-13)12(19)8-2-3-9(14)10(15)4-8/h2-4H,5-7H2,1H3,(H,17,18). The number of amides is 1. The van der Waals surface area contributed by atoms with Crippen LogP contribution in [0.5, 0.6) is 0 Å². The van der Waals surface area contributed by atoms with E-state index in [1.807, 2.05) is 0 Å². The average molecular weight is 285 g/mol. The number of hydrogen-bond acceptors (Lipinski definition) is 3. The molecule has 108 valence electrons. The second-order valence-corrected chi connectivity index (χ2v) is 4.92. The molecule has 1 aliphatic rings. The van der Waals surface area contributed by atoms with Gasteiger partial charge in [-0.1, -0.05) is 0 Å². The van der Waals surface area contributed by atoms with E-state index in [0.717, 1.165) is 12.1 Å². The number of ether oxygens (including phenoxy) is 1. The third-order valence-electron chi connectivity index (χ3n) is 3.05. The summed E-state index contributed by atoms with van der Waals surface area (Å²) in [6.07, 6.45) is 0. The molecule has 2 rings (SSSR count). The zero-order valence-corrected chi connectivity index (χ0v) is 10.7. The van der Waals surface area contributed by atoms with Crippen LogP contribution in [0.2, 0.25) is 0 Å². The van der Waals surface area contributed by atoms with Crippen molar-refractivity contribution in [2.45, 2.75) is 12.5 Å². The minimum atomic E-state index is -1.09. The zero-order valence-electron chi connectivity index (χ0n) is 10.7. The van der Waals surface area contributed by atoms with E-state index in [1.54, 1.807) is 6.92 Å². The first-order valence-corrected chi connectivity index (χ1v) is 5.91. The highest BCUT2D eigenvalue weighted by atomic mass is 19.2. The van der Waals surface area contributed by atoms with Gasteiger partial charge in [-0.25, -0.2) is 13.6 Å². The van der Waals surface area contributed by atoms with Crippen molar-refractivity contribution < 1.29 is 28.2 Å². The molecule has 0 radical (unpaired) electrons. The second-order valence-electron chi connectivity index (χ2n) is 4.92. The minimum absolute atomic E-state index is 0.0455. The van der Waals surface area contributed by atoms with Gasteiger partial charge < -0.3 is 14.7 Å². The Kier molecular flexibility index (Phi) is 3.71. The van der Waals surface area contributed by atoms with Gasteiger partial charge in [-0.3, -0.25) is 4.79 Å². The number of likely N-dealkylation sites (tertiary alicyclic amines) is 1. The van der Waals surface area contributed by atoms with Crippen molar-refractivity contribution in [3.63, 3.8) is 0 Å². The number of halogens is 2. The maximum absolute atomic E-state index is 13.1. The molecule has 0 bridgehead atoms.